The van der Waals surface area contributed by atoms with Gasteiger partial charge in [-0.3, -0.25) is 9.78 Å². The molecule has 0 saturated heterocycles. The van der Waals surface area contributed by atoms with Crippen molar-refractivity contribution < 1.29 is 22.7 Å². The Bertz CT molecular complexity index is 838. The molecule has 1 unspecified atom stereocenters. The number of amides is 1. The van der Waals surface area contributed by atoms with E-state index in [1.807, 2.05) is 0 Å². The van der Waals surface area contributed by atoms with Gasteiger partial charge in [-0.2, -0.15) is 0 Å². The van der Waals surface area contributed by atoms with Gasteiger partial charge in [-0.05, 0) is 30.2 Å². The molecule has 0 aliphatic heterocycles. The maximum atomic E-state index is 13.2. The van der Waals surface area contributed by atoms with E-state index in [9.17, 15) is 22.7 Å². The second kappa shape index (κ2) is 8.17. The fraction of sp³-hybridized carbons (Fsp3) is 0.294. The highest BCUT2D eigenvalue weighted by Crippen LogP contribution is 2.20. The number of nitrogens with zero attached hydrogens (tertiary/aromatic N) is 1. The Morgan fingerprint density at radius 3 is 2.52 bits per heavy atom. The zero-order valence-corrected chi connectivity index (χ0v) is 14.5. The van der Waals surface area contributed by atoms with Gasteiger partial charge in [-0.25, -0.2) is 12.8 Å². The van der Waals surface area contributed by atoms with Crippen LogP contribution in [0.15, 0.2) is 47.6 Å². The summed E-state index contributed by atoms with van der Waals surface area (Å²) in [6.45, 7) is 1.38. The number of pyridine rings is 1. The quantitative estimate of drug-likeness (QED) is 0.780. The molecule has 1 aromatic heterocycles. The third-order valence-electron chi connectivity index (χ3n) is 3.71. The summed E-state index contributed by atoms with van der Waals surface area (Å²) in [6.07, 6.45) is 2.47. The molecule has 0 aliphatic carbocycles. The first kappa shape index (κ1) is 19.0. The van der Waals surface area contributed by atoms with Gasteiger partial charge >= 0.3 is 0 Å². The molecule has 1 amide bonds. The molecule has 1 aromatic carbocycles. The summed E-state index contributed by atoms with van der Waals surface area (Å²) in [5.41, 5.74) is 0.704. The molecule has 25 heavy (non-hydrogen) atoms. The Balaban J connectivity index is 2.21. The van der Waals surface area contributed by atoms with E-state index >= 15 is 0 Å². The van der Waals surface area contributed by atoms with Crippen molar-refractivity contribution in [3.63, 3.8) is 0 Å². The topological polar surface area (TPSA) is 96.4 Å². The molecular weight excluding hydrogens is 347 g/mol. The van der Waals surface area contributed by atoms with Crippen LogP contribution in [0.1, 0.15) is 35.3 Å². The van der Waals surface area contributed by atoms with Crippen LogP contribution in [-0.4, -0.2) is 36.8 Å². The molecule has 0 bridgehead atoms. The van der Waals surface area contributed by atoms with Crippen LogP contribution in [0.5, 0.6) is 0 Å². The highest BCUT2D eigenvalue weighted by atomic mass is 32.2. The Morgan fingerprint density at radius 1 is 1.28 bits per heavy atom. The van der Waals surface area contributed by atoms with Crippen LogP contribution in [0.3, 0.4) is 0 Å². The van der Waals surface area contributed by atoms with Crippen molar-refractivity contribution in [1.29, 1.82) is 0 Å². The summed E-state index contributed by atoms with van der Waals surface area (Å²) in [7, 11) is -3.31. The average Bonchev–Trinajstić information content (AvgIpc) is 2.61. The van der Waals surface area contributed by atoms with E-state index < -0.39 is 27.6 Å². The number of sulfone groups is 1. The van der Waals surface area contributed by atoms with Crippen LogP contribution in [0, 0.1) is 5.82 Å². The van der Waals surface area contributed by atoms with Crippen molar-refractivity contribution in [2.45, 2.75) is 24.3 Å². The predicted octanol–water partition coefficient (Wildman–Crippen LogP) is 1.87. The molecular formula is C17H19FN2O4S. The van der Waals surface area contributed by atoms with Crippen LogP contribution >= 0.6 is 0 Å². The molecule has 0 aliphatic rings. The number of hydrogen-bond donors (Lipinski definition) is 2. The van der Waals surface area contributed by atoms with E-state index in [1.165, 1.54) is 18.3 Å². The van der Waals surface area contributed by atoms with E-state index in [0.717, 1.165) is 12.3 Å². The summed E-state index contributed by atoms with van der Waals surface area (Å²) >= 11 is 0. The zero-order valence-electron chi connectivity index (χ0n) is 13.6. The van der Waals surface area contributed by atoms with Gasteiger partial charge in [0.15, 0.2) is 9.84 Å². The van der Waals surface area contributed by atoms with Crippen LogP contribution in [0.2, 0.25) is 0 Å². The van der Waals surface area contributed by atoms with Gasteiger partial charge < -0.3 is 10.4 Å². The fourth-order valence-corrected chi connectivity index (χ4v) is 3.19. The van der Waals surface area contributed by atoms with Gasteiger partial charge in [-0.15, -0.1) is 0 Å². The third-order valence-corrected chi connectivity index (χ3v) is 5.46. The third kappa shape index (κ3) is 4.83. The number of hydrogen-bond acceptors (Lipinski definition) is 5. The minimum atomic E-state index is -3.31. The maximum absolute atomic E-state index is 13.2. The van der Waals surface area contributed by atoms with Gasteiger partial charge in [0.2, 0.25) is 0 Å². The largest absolute Gasteiger partial charge is 0.396 e. The number of benzene rings is 1. The highest BCUT2D eigenvalue weighted by molar-refractivity contribution is 7.91. The zero-order chi connectivity index (χ0) is 18.4. The number of aromatic nitrogens is 1. The fourth-order valence-electron chi connectivity index (χ4n) is 2.30. The monoisotopic (exact) mass is 366 g/mol. The Kier molecular flexibility index (Phi) is 6.22. The van der Waals surface area contributed by atoms with Crippen molar-refractivity contribution in [2.75, 3.05) is 12.4 Å². The Labute approximate surface area is 145 Å². The molecule has 2 aromatic rings. The summed E-state index contributed by atoms with van der Waals surface area (Å²) in [5.74, 6) is -1.16. The lowest BCUT2D eigenvalue weighted by Gasteiger charge is -2.18. The van der Waals surface area contributed by atoms with Crippen molar-refractivity contribution >= 4 is 15.7 Å². The Morgan fingerprint density at radius 2 is 1.96 bits per heavy atom. The number of halogens is 1. The van der Waals surface area contributed by atoms with Gasteiger partial charge in [0.25, 0.3) is 5.91 Å². The number of carbonyl (C=O) groups is 1. The van der Waals surface area contributed by atoms with Crippen LogP contribution < -0.4 is 5.32 Å². The van der Waals surface area contributed by atoms with Gasteiger partial charge in [-0.1, -0.05) is 19.1 Å². The van der Waals surface area contributed by atoms with E-state index in [1.54, 1.807) is 19.1 Å². The van der Waals surface area contributed by atoms with Crippen LogP contribution in [-0.2, 0) is 9.84 Å². The van der Waals surface area contributed by atoms with E-state index in [0.29, 0.717) is 5.56 Å². The molecule has 8 heteroatoms. The van der Waals surface area contributed by atoms with Gasteiger partial charge in [0, 0.05) is 12.8 Å². The van der Waals surface area contributed by atoms with Crippen molar-refractivity contribution in [1.82, 2.24) is 10.3 Å². The number of rotatable bonds is 7. The lowest BCUT2D eigenvalue weighted by atomic mass is 10.0. The molecule has 1 atom stereocenters. The van der Waals surface area contributed by atoms with Crippen LogP contribution in [0.25, 0.3) is 0 Å². The average molecular weight is 366 g/mol. The van der Waals surface area contributed by atoms with E-state index in [2.05, 4.69) is 10.3 Å². The molecule has 0 spiro atoms. The van der Waals surface area contributed by atoms with Gasteiger partial charge in [0.1, 0.15) is 5.82 Å². The maximum Gasteiger partial charge on any atom is 0.253 e. The number of carbonyl (C=O) groups excluding carboxylic acids is 1. The van der Waals surface area contributed by atoms with E-state index in [4.69, 9.17) is 0 Å². The molecule has 0 radical (unpaired) electrons. The van der Waals surface area contributed by atoms with Crippen molar-refractivity contribution in [3.8, 4) is 0 Å². The second-order valence-corrected chi connectivity index (χ2v) is 7.68. The number of aliphatic hydroxyl groups excluding tert-OH is 1. The minimum Gasteiger partial charge on any atom is -0.396 e. The normalized spacial score (nSPS) is 12.6. The first-order valence-corrected chi connectivity index (χ1v) is 9.37. The van der Waals surface area contributed by atoms with Crippen LogP contribution in [0.4, 0.5) is 4.39 Å². The molecule has 2 N–H and O–H groups in total. The molecule has 134 valence electrons. The number of nitrogens with one attached hydrogen (secondary N) is 1. The second-order valence-electron chi connectivity index (χ2n) is 5.40. The van der Waals surface area contributed by atoms with Crippen molar-refractivity contribution in [3.05, 3.63) is 59.7 Å². The number of aliphatic hydroxyl groups is 1. The first-order chi connectivity index (χ1) is 11.9. The van der Waals surface area contributed by atoms with Gasteiger partial charge in [0.05, 0.1) is 28.5 Å². The summed E-state index contributed by atoms with van der Waals surface area (Å²) < 4.78 is 36.9. The van der Waals surface area contributed by atoms with E-state index in [-0.39, 0.29) is 29.2 Å². The molecule has 2 rings (SSSR count). The highest BCUT2D eigenvalue weighted by Gasteiger charge is 2.18. The molecule has 0 fully saturated rings. The lowest BCUT2D eigenvalue weighted by molar-refractivity contribution is 0.0929. The minimum absolute atomic E-state index is 0.00424. The standard InChI is InChI=1S/C17H19FN2O4S/c1-2-25(23,24)15-5-3-12(4-6-15)16(7-8-21)20-17(22)13-9-14(18)11-19-10-13/h3-6,9-11,16,21H,2,7-8H2,1H3,(H,20,22). The smallest absolute Gasteiger partial charge is 0.253 e. The summed E-state index contributed by atoms with van der Waals surface area (Å²) in [6, 6.07) is 6.64. The Hall–Kier alpha value is -2.32. The SMILES string of the molecule is CCS(=O)(=O)c1ccc(C(CCO)NC(=O)c2cncc(F)c2)cc1. The van der Waals surface area contributed by atoms with Crippen molar-refractivity contribution in [2.24, 2.45) is 0 Å². The molecule has 0 saturated carbocycles. The molecule has 1 heterocycles. The molecule has 6 nitrogen and oxygen atoms in total. The summed E-state index contributed by atoms with van der Waals surface area (Å²) in [4.78, 5) is 16.1. The lowest BCUT2D eigenvalue weighted by Crippen LogP contribution is -2.29. The summed E-state index contributed by atoms with van der Waals surface area (Å²) in [5, 5.41) is 11.9. The predicted molar refractivity (Wildman–Crippen MR) is 90.3 cm³/mol. The first-order valence-electron chi connectivity index (χ1n) is 7.72.